The summed E-state index contributed by atoms with van der Waals surface area (Å²) in [6.45, 7) is 1.38. The van der Waals surface area contributed by atoms with Gasteiger partial charge in [-0.2, -0.15) is 5.10 Å². The first-order valence-electron chi connectivity index (χ1n) is 8.15. The van der Waals surface area contributed by atoms with Gasteiger partial charge in [0.15, 0.2) is 0 Å². The van der Waals surface area contributed by atoms with Crippen molar-refractivity contribution in [1.29, 1.82) is 0 Å². The minimum absolute atomic E-state index is 0. The van der Waals surface area contributed by atoms with Crippen LogP contribution in [0.5, 0.6) is 0 Å². The fourth-order valence-corrected chi connectivity index (χ4v) is 3.20. The van der Waals surface area contributed by atoms with Crippen molar-refractivity contribution in [1.82, 2.24) is 20.4 Å². The van der Waals surface area contributed by atoms with E-state index in [1.807, 2.05) is 23.9 Å². The molecule has 0 unspecified atom stereocenters. The van der Waals surface area contributed by atoms with E-state index in [0.29, 0.717) is 25.6 Å². The lowest BCUT2D eigenvalue weighted by Crippen LogP contribution is -2.34. The SMILES string of the molecule is Cl.Cn1nc(CNCCC(=O)NC2CCCC2)c2ccccc21. The number of amides is 1. The summed E-state index contributed by atoms with van der Waals surface area (Å²) in [5.41, 5.74) is 2.17. The maximum Gasteiger partial charge on any atom is 0.221 e. The Kier molecular flexibility index (Phi) is 6.42. The molecule has 1 saturated carbocycles. The zero-order chi connectivity index (χ0) is 15.4. The molecule has 0 aliphatic heterocycles. The van der Waals surface area contributed by atoms with Gasteiger partial charge in [-0.3, -0.25) is 9.48 Å². The first-order valence-corrected chi connectivity index (χ1v) is 8.15. The van der Waals surface area contributed by atoms with Gasteiger partial charge in [0.2, 0.25) is 5.91 Å². The van der Waals surface area contributed by atoms with Crippen LogP contribution in [-0.4, -0.2) is 28.3 Å². The Bertz CT molecular complexity index is 649. The quantitative estimate of drug-likeness (QED) is 0.797. The molecule has 2 N–H and O–H groups in total. The van der Waals surface area contributed by atoms with Crippen LogP contribution in [0.25, 0.3) is 10.9 Å². The van der Waals surface area contributed by atoms with Gasteiger partial charge in [0.1, 0.15) is 0 Å². The number of carbonyl (C=O) groups is 1. The van der Waals surface area contributed by atoms with E-state index in [2.05, 4.69) is 27.9 Å². The molecule has 6 heteroatoms. The van der Waals surface area contributed by atoms with Crippen molar-refractivity contribution in [3.8, 4) is 0 Å². The fraction of sp³-hybridized carbons (Fsp3) is 0.529. The molecule has 0 atom stereocenters. The molecule has 1 heterocycles. The summed E-state index contributed by atoms with van der Waals surface area (Å²) in [5.74, 6) is 0.158. The van der Waals surface area contributed by atoms with Gasteiger partial charge in [-0.25, -0.2) is 0 Å². The summed E-state index contributed by atoms with van der Waals surface area (Å²) >= 11 is 0. The molecule has 5 nitrogen and oxygen atoms in total. The average molecular weight is 337 g/mol. The molecule has 0 spiro atoms. The van der Waals surface area contributed by atoms with Crippen LogP contribution >= 0.6 is 12.4 Å². The second-order valence-corrected chi connectivity index (χ2v) is 6.06. The lowest BCUT2D eigenvalue weighted by Gasteiger charge is -2.11. The molecule has 0 radical (unpaired) electrons. The fourth-order valence-electron chi connectivity index (χ4n) is 3.20. The Balaban J connectivity index is 0.00000192. The van der Waals surface area contributed by atoms with Crippen LogP contribution in [0.15, 0.2) is 24.3 Å². The van der Waals surface area contributed by atoms with Gasteiger partial charge in [-0.15, -0.1) is 12.4 Å². The second kappa shape index (κ2) is 8.31. The monoisotopic (exact) mass is 336 g/mol. The van der Waals surface area contributed by atoms with Crippen LogP contribution < -0.4 is 10.6 Å². The van der Waals surface area contributed by atoms with Gasteiger partial charge < -0.3 is 10.6 Å². The zero-order valence-electron chi connectivity index (χ0n) is 13.5. The van der Waals surface area contributed by atoms with Crippen molar-refractivity contribution in [3.63, 3.8) is 0 Å². The first-order chi connectivity index (χ1) is 10.7. The smallest absolute Gasteiger partial charge is 0.221 e. The summed E-state index contributed by atoms with van der Waals surface area (Å²) in [7, 11) is 1.96. The van der Waals surface area contributed by atoms with Gasteiger partial charge in [-0.05, 0) is 18.9 Å². The molecule has 1 amide bonds. The van der Waals surface area contributed by atoms with Gasteiger partial charge in [-0.1, -0.05) is 31.0 Å². The lowest BCUT2D eigenvalue weighted by atomic mass is 10.2. The summed E-state index contributed by atoms with van der Waals surface area (Å²) < 4.78 is 1.90. The first kappa shape index (κ1) is 17.8. The maximum atomic E-state index is 11.9. The molecular formula is C17H25ClN4O. The molecule has 1 aromatic heterocycles. The van der Waals surface area contributed by atoms with Crippen molar-refractivity contribution in [3.05, 3.63) is 30.0 Å². The molecule has 1 aliphatic carbocycles. The molecule has 2 aromatic rings. The van der Waals surface area contributed by atoms with E-state index in [1.165, 1.54) is 18.2 Å². The van der Waals surface area contributed by atoms with E-state index in [9.17, 15) is 4.79 Å². The van der Waals surface area contributed by atoms with E-state index in [0.717, 1.165) is 24.1 Å². The van der Waals surface area contributed by atoms with Gasteiger partial charge >= 0.3 is 0 Å². The van der Waals surface area contributed by atoms with E-state index in [4.69, 9.17) is 0 Å². The average Bonchev–Trinajstić information content (AvgIpc) is 3.13. The standard InChI is InChI=1S/C17H24N4O.ClH/c1-21-16-9-5-4-8-14(16)15(20-21)12-18-11-10-17(22)19-13-6-2-3-7-13;/h4-5,8-9,13,18H,2-3,6-7,10-12H2,1H3,(H,19,22);1H. The number of aryl methyl sites for hydroxylation is 1. The Morgan fingerprint density at radius 3 is 2.83 bits per heavy atom. The molecule has 0 bridgehead atoms. The number of fused-ring (bicyclic) bond motifs is 1. The minimum atomic E-state index is 0. The Morgan fingerprint density at radius 2 is 2.04 bits per heavy atom. The summed E-state index contributed by atoms with van der Waals surface area (Å²) in [4.78, 5) is 11.9. The molecule has 3 rings (SSSR count). The number of rotatable bonds is 6. The molecule has 23 heavy (non-hydrogen) atoms. The van der Waals surface area contributed by atoms with E-state index in [1.54, 1.807) is 0 Å². The van der Waals surface area contributed by atoms with Crippen molar-refractivity contribution in [2.45, 2.75) is 44.7 Å². The molecule has 1 aromatic carbocycles. The zero-order valence-corrected chi connectivity index (χ0v) is 14.4. The number of hydrogen-bond donors (Lipinski definition) is 2. The van der Waals surface area contributed by atoms with Crippen LogP contribution in [0.4, 0.5) is 0 Å². The molecular weight excluding hydrogens is 312 g/mol. The number of carbonyl (C=O) groups excluding carboxylic acids is 1. The Hall–Kier alpha value is -1.59. The molecule has 126 valence electrons. The highest BCUT2D eigenvalue weighted by molar-refractivity contribution is 5.85. The summed E-state index contributed by atoms with van der Waals surface area (Å²) in [6.07, 6.45) is 5.30. The van der Waals surface area contributed by atoms with Gasteiger partial charge in [0.25, 0.3) is 0 Å². The van der Waals surface area contributed by atoms with Crippen LogP contribution in [0, 0.1) is 0 Å². The van der Waals surface area contributed by atoms with Crippen LogP contribution in [0.1, 0.15) is 37.8 Å². The molecule has 1 aliphatic rings. The number of benzene rings is 1. The predicted molar refractivity (Wildman–Crippen MR) is 94.7 cm³/mol. The van der Waals surface area contributed by atoms with Crippen molar-refractivity contribution >= 4 is 29.2 Å². The molecule has 1 fully saturated rings. The van der Waals surface area contributed by atoms with E-state index < -0.39 is 0 Å². The maximum absolute atomic E-state index is 11.9. The summed E-state index contributed by atoms with van der Waals surface area (Å²) in [6, 6.07) is 8.62. The number of hydrogen-bond acceptors (Lipinski definition) is 3. The highest BCUT2D eigenvalue weighted by Gasteiger charge is 2.16. The second-order valence-electron chi connectivity index (χ2n) is 6.06. The van der Waals surface area contributed by atoms with E-state index in [-0.39, 0.29) is 18.3 Å². The van der Waals surface area contributed by atoms with Gasteiger partial charge in [0, 0.05) is 38.0 Å². The van der Waals surface area contributed by atoms with Crippen molar-refractivity contribution < 1.29 is 4.79 Å². The third-order valence-corrected chi connectivity index (χ3v) is 4.38. The van der Waals surface area contributed by atoms with Gasteiger partial charge in [0.05, 0.1) is 11.2 Å². The lowest BCUT2D eigenvalue weighted by molar-refractivity contribution is -0.121. The third-order valence-electron chi connectivity index (χ3n) is 4.38. The van der Waals surface area contributed by atoms with Crippen LogP contribution in [0.2, 0.25) is 0 Å². The predicted octanol–water partition coefficient (Wildman–Crippen LogP) is 2.53. The van der Waals surface area contributed by atoms with Crippen LogP contribution in [-0.2, 0) is 18.4 Å². The summed E-state index contributed by atoms with van der Waals surface area (Å²) in [5, 5.41) is 12.2. The van der Waals surface area contributed by atoms with Crippen molar-refractivity contribution in [2.24, 2.45) is 7.05 Å². The minimum Gasteiger partial charge on any atom is -0.353 e. The van der Waals surface area contributed by atoms with Crippen LogP contribution in [0.3, 0.4) is 0 Å². The third kappa shape index (κ3) is 4.45. The highest BCUT2D eigenvalue weighted by Crippen LogP contribution is 2.18. The van der Waals surface area contributed by atoms with E-state index >= 15 is 0 Å². The Morgan fingerprint density at radius 1 is 1.30 bits per heavy atom. The topological polar surface area (TPSA) is 59.0 Å². The number of nitrogens with zero attached hydrogens (tertiary/aromatic N) is 2. The largest absolute Gasteiger partial charge is 0.353 e. The number of para-hydroxylation sites is 1. The normalized spacial score (nSPS) is 14.8. The highest BCUT2D eigenvalue weighted by atomic mass is 35.5. The Labute approximate surface area is 143 Å². The number of halogens is 1. The number of aromatic nitrogens is 2. The number of nitrogens with one attached hydrogen (secondary N) is 2. The molecule has 0 saturated heterocycles. The van der Waals surface area contributed by atoms with Crippen molar-refractivity contribution in [2.75, 3.05) is 6.54 Å².